The molecule has 0 saturated heterocycles. The van der Waals surface area contributed by atoms with E-state index in [9.17, 15) is 13.2 Å². The van der Waals surface area contributed by atoms with Gasteiger partial charge in [0.2, 0.25) is 15.9 Å². The zero-order valence-corrected chi connectivity index (χ0v) is 16.6. The minimum atomic E-state index is -3.85. The molecule has 28 heavy (non-hydrogen) atoms. The Morgan fingerprint density at radius 1 is 1.32 bits per heavy atom. The van der Waals surface area contributed by atoms with E-state index in [2.05, 4.69) is 21.6 Å². The number of aryl methyl sites for hydroxylation is 2. The zero-order chi connectivity index (χ0) is 19.9. The lowest BCUT2D eigenvalue weighted by Gasteiger charge is -2.20. The highest BCUT2D eigenvalue weighted by atomic mass is 32.2. The van der Waals surface area contributed by atoms with Gasteiger partial charge in [-0.1, -0.05) is 24.3 Å². The SMILES string of the molecule is Cc1cc(S(=O)(=O)N(C)CC(=O)NC2CCc3ccccc32)c2[nH]ncc2c1. The molecule has 2 N–H and O–H groups in total. The van der Waals surface area contributed by atoms with E-state index in [-0.39, 0.29) is 23.4 Å². The molecule has 8 heteroatoms. The molecule has 0 saturated carbocycles. The van der Waals surface area contributed by atoms with Gasteiger partial charge in [-0.05, 0) is 48.6 Å². The summed E-state index contributed by atoms with van der Waals surface area (Å²) < 4.78 is 27.2. The standard InChI is InChI=1S/C20H22N4O3S/c1-13-9-15-11-21-23-20(15)18(10-13)28(26,27)24(2)12-19(25)22-17-8-7-14-5-3-4-6-16(14)17/h3-6,9-11,17H,7-8,12H2,1-2H3,(H,21,23)(H,22,25). The van der Waals surface area contributed by atoms with Crippen LogP contribution in [-0.2, 0) is 21.2 Å². The molecular weight excluding hydrogens is 376 g/mol. The lowest BCUT2D eigenvalue weighted by Crippen LogP contribution is -2.39. The van der Waals surface area contributed by atoms with Crippen LogP contribution in [0.25, 0.3) is 10.9 Å². The molecule has 2 aromatic carbocycles. The van der Waals surface area contributed by atoms with Crippen LogP contribution in [0, 0.1) is 6.92 Å². The third-order valence-corrected chi connectivity index (χ3v) is 7.01. The van der Waals surface area contributed by atoms with E-state index in [1.807, 2.05) is 31.2 Å². The number of fused-ring (bicyclic) bond motifs is 2. The number of carbonyl (C=O) groups excluding carboxylic acids is 1. The lowest BCUT2D eigenvalue weighted by molar-refractivity contribution is -0.121. The first-order valence-corrected chi connectivity index (χ1v) is 10.6. The maximum atomic E-state index is 13.1. The Kier molecular flexibility index (Phi) is 4.68. The van der Waals surface area contributed by atoms with Crippen LogP contribution in [0.4, 0.5) is 0 Å². The summed E-state index contributed by atoms with van der Waals surface area (Å²) in [5.41, 5.74) is 3.60. The fourth-order valence-electron chi connectivity index (χ4n) is 3.77. The quantitative estimate of drug-likeness (QED) is 0.689. The molecule has 0 spiro atoms. The number of nitrogens with zero attached hydrogens (tertiary/aromatic N) is 2. The average Bonchev–Trinajstić information content (AvgIpc) is 3.28. The molecule has 146 valence electrons. The number of hydrogen-bond donors (Lipinski definition) is 2. The topological polar surface area (TPSA) is 95.2 Å². The first-order chi connectivity index (χ1) is 13.4. The molecule has 4 rings (SSSR count). The number of carbonyl (C=O) groups is 1. The van der Waals surface area contributed by atoms with Crippen molar-refractivity contribution >= 4 is 26.8 Å². The third kappa shape index (κ3) is 3.29. The fourth-order valence-corrected chi connectivity index (χ4v) is 5.15. The van der Waals surface area contributed by atoms with Gasteiger partial charge in [0.25, 0.3) is 0 Å². The van der Waals surface area contributed by atoms with Crippen molar-refractivity contribution in [2.45, 2.75) is 30.7 Å². The number of H-pyrrole nitrogens is 1. The van der Waals surface area contributed by atoms with Crippen molar-refractivity contribution in [3.8, 4) is 0 Å². The Hall–Kier alpha value is -2.71. The number of rotatable bonds is 5. The van der Waals surface area contributed by atoms with E-state index in [1.165, 1.54) is 12.6 Å². The van der Waals surface area contributed by atoms with E-state index in [4.69, 9.17) is 0 Å². The second-order valence-corrected chi connectivity index (χ2v) is 9.23. The maximum Gasteiger partial charge on any atom is 0.245 e. The summed E-state index contributed by atoms with van der Waals surface area (Å²) in [6.07, 6.45) is 3.33. The molecule has 7 nitrogen and oxygen atoms in total. The Morgan fingerprint density at radius 2 is 2.11 bits per heavy atom. The summed E-state index contributed by atoms with van der Waals surface area (Å²) in [5.74, 6) is -0.318. The molecule has 1 aromatic heterocycles. The maximum absolute atomic E-state index is 13.1. The van der Waals surface area contributed by atoms with Crippen LogP contribution < -0.4 is 5.32 Å². The normalized spacial score (nSPS) is 16.5. The summed E-state index contributed by atoms with van der Waals surface area (Å²) in [6.45, 7) is 1.58. The van der Waals surface area contributed by atoms with Crippen molar-refractivity contribution in [2.24, 2.45) is 0 Å². The van der Waals surface area contributed by atoms with Crippen LogP contribution >= 0.6 is 0 Å². The van der Waals surface area contributed by atoms with Gasteiger partial charge >= 0.3 is 0 Å². The molecule has 1 unspecified atom stereocenters. The Labute approximate surface area is 163 Å². The van der Waals surface area contributed by atoms with Gasteiger partial charge < -0.3 is 5.32 Å². The zero-order valence-electron chi connectivity index (χ0n) is 15.8. The van der Waals surface area contributed by atoms with Crippen molar-refractivity contribution in [3.63, 3.8) is 0 Å². The first-order valence-electron chi connectivity index (χ1n) is 9.13. The van der Waals surface area contributed by atoms with Gasteiger partial charge in [-0.3, -0.25) is 9.89 Å². The Bertz CT molecular complexity index is 1150. The predicted molar refractivity (Wildman–Crippen MR) is 106 cm³/mol. The number of sulfonamides is 1. The van der Waals surface area contributed by atoms with Gasteiger partial charge in [0.05, 0.1) is 24.3 Å². The van der Waals surface area contributed by atoms with E-state index in [0.29, 0.717) is 5.52 Å². The molecule has 1 aliphatic carbocycles. The first kappa shape index (κ1) is 18.6. The largest absolute Gasteiger partial charge is 0.348 e. The monoisotopic (exact) mass is 398 g/mol. The van der Waals surface area contributed by atoms with Crippen molar-refractivity contribution in [3.05, 3.63) is 59.3 Å². The van der Waals surface area contributed by atoms with E-state index >= 15 is 0 Å². The summed E-state index contributed by atoms with van der Waals surface area (Å²) in [7, 11) is -2.43. The molecule has 1 atom stereocenters. The molecule has 1 aliphatic rings. The van der Waals surface area contributed by atoms with Crippen LogP contribution in [0.15, 0.2) is 47.5 Å². The minimum Gasteiger partial charge on any atom is -0.348 e. The molecule has 0 radical (unpaired) electrons. The highest BCUT2D eigenvalue weighted by Gasteiger charge is 2.28. The number of amides is 1. The molecule has 1 heterocycles. The van der Waals surface area contributed by atoms with Gasteiger partial charge in [-0.15, -0.1) is 0 Å². The van der Waals surface area contributed by atoms with E-state index in [0.717, 1.165) is 33.7 Å². The summed E-state index contributed by atoms with van der Waals surface area (Å²) in [4.78, 5) is 12.7. The number of aromatic amines is 1. The Morgan fingerprint density at radius 3 is 2.93 bits per heavy atom. The van der Waals surface area contributed by atoms with Crippen LogP contribution in [-0.4, -0.2) is 42.4 Å². The Balaban J connectivity index is 1.52. The van der Waals surface area contributed by atoms with Gasteiger partial charge in [-0.25, -0.2) is 8.42 Å². The number of nitrogens with one attached hydrogen (secondary N) is 2. The highest BCUT2D eigenvalue weighted by Crippen LogP contribution is 2.30. The molecule has 3 aromatic rings. The summed E-state index contributed by atoms with van der Waals surface area (Å²) in [6, 6.07) is 11.4. The molecule has 1 amide bonds. The number of likely N-dealkylation sites (N-methyl/N-ethyl adjacent to an activating group) is 1. The van der Waals surface area contributed by atoms with E-state index in [1.54, 1.807) is 12.3 Å². The lowest BCUT2D eigenvalue weighted by atomic mass is 10.1. The summed E-state index contributed by atoms with van der Waals surface area (Å²) in [5, 5.41) is 10.4. The van der Waals surface area contributed by atoms with Crippen molar-refractivity contribution < 1.29 is 13.2 Å². The van der Waals surface area contributed by atoms with E-state index < -0.39 is 10.0 Å². The van der Waals surface area contributed by atoms with Crippen molar-refractivity contribution in [1.29, 1.82) is 0 Å². The van der Waals surface area contributed by atoms with Gasteiger partial charge in [-0.2, -0.15) is 9.40 Å². The highest BCUT2D eigenvalue weighted by molar-refractivity contribution is 7.89. The molecule has 0 aliphatic heterocycles. The van der Waals surface area contributed by atoms with Gasteiger partial charge in [0, 0.05) is 12.4 Å². The van der Waals surface area contributed by atoms with Crippen molar-refractivity contribution in [1.82, 2.24) is 19.8 Å². The van der Waals surface area contributed by atoms with Crippen molar-refractivity contribution in [2.75, 3.05) is 13.6 Å². The number of hydrogen-bond acceptors (Lipinski definition) is 4. The second kappa shape index (κ2) is 7.03. The fraction of sp³-hybridized carbons (Fsp3) is 0.300. The van der Waals surface area contributed by atoms with Crippen LogP contribution in [0.2, 0.25) is 0 Å². The van der Waals surface area contributed by atoms with Gasteiger partial charge in [0.15, 0.2) is 0 Å². The smallest absolute Gasteiger partial charge is 0.245 e. The number of benzene rings is 2. The average molecular weight is 398 g/mol. The third-order valence-electron chi connectivity index (χ3n) is 5.18. The number of aromatic nitrogens is 2. The van der Waals surface area contributed by atoms with Crippen LogP contribution in [0.5, 0.6) is 0 Å². The minimum absolute atomic E-state index is 0.0712. The van der Waals surface area contributed by atoms with Crippen LogP contribution in [0.1, 0.15) is 29.2 Å². The molecule has 0 fully saturated rings. The van der Waals surface area contributed by atoms with Gasteiger partial charge in [0.1, 0.15) is 4.90 Å². The van der Waals surface area contributed by atoms with Crippen LogP contribution in [0.3, 0.4) is 0 Å². The second-order valence-electron chi connectivity index (χ2n) is 7.22. The molecular formula is C20H22N4O3S. The summed E-state index contributed by atoms with van der Waals surface area (Å²) >= 11 is 0. The predicted octanol–water partition coefficient (Wildman–Crippen LogP) is 2.30. The molecule has 0 bridgehead atoms.